The van der Waals surface area contributed by atoms with Crippen LogP contribution in [0.2, 0.25) is 0 Å². The van der Waals surface area contributed by atoms with Gasteiger partial charge in [0.05, 0.1) is 17.1 Å². The molecule has 0 saturated carbocycles. The van der Waals surface area contributed by atoms with Crippen LogP contribution in [0, 0.1) is 0 Å². The van der Waals surface area contributed by atoms with Crippen molar-refractivity contribution in [3.05, 3.63) is 222 Å². The fourth-order valence-corrected chi connectivity index (χ4v) is 10.9. The monoisotopic (exact) mass is 795 g/mol. The van der Waals surface area contributed by atoms with Gasteiger partial charge in [-0.2, -0.15) is 0 Å². The third-order valence-electron chi connectivity index (χ3n) is 13.9. The lowest BCUT2D eigenvalue weighted by Crippen LogP contribution is -2.17. The van der Waals surface area contributed by atoms with E-state index >= 15 is 0 Å². The maximum Gasteiger partial charge on any atom is 0.143 e. The van der Waals surface area contributed by atoms with E-state index in [9.17, 15) is 0 Å². The number of hydrogen-bond donors (Lipinski definition) is 0. The summed E-state index contributed by atoms with van der Waals surface area (Å²) < 4.78 is 7.04. The van der Waals surface area contributed by atoms with Crippen LogP contribution in [-0.2, 0) is 10.8 Å². The summed E-state index contributed by atoms with van der Waals surface area (Å²) in [5, 5.41) is 2.24. The molecule has 296 valence electrons. The fraction of sp³-hybridized carbons (Fsp3) is 0.100. The highest BCUT2D eigenvalue weighted by Crippen LogP contribution is 2.59. The van der Waals surface area contributed by atoms with E-state index in [0.717, 1.165) is 55.7 Å². The Morgan fingerprint density at radius 2 is 0.855 bits per heavy atom. The van der Waals surface area contributed by atoms with Gasteiger partial charge in [-0.1, -0.05) is 204 Å². The first-order valence-electron chi connectivity index (χ1n) is 21.8. The van der Waals surface area contributed by atoms with E-state index in [2.05, 4.69) is 233 Å². The standard InChI is InChI=1S/C60H45NO/c1-59(2)47-28-13-11-23-44(47)56-49(59)30-17-32-51(56)61(52-33-18-31-50-57(52)45-24-12-14-29-48(45)60(50,3)4)53-37-40(38-19-7-5-8-20-38)35-36-42(53)43-26-15-27-46-55-41(39-21-9-6-10-22-39)25-16-34-54(55)62-58(43)46/h5-37H,1-4H3. The highest BCUT2D eigenvalue weighted by molar-refractivity contribution is 6.16. The summed E-state index contributed by atoms with van der Waals surface area (Å²) in [5.74, 6) is 0. The normalized spacial score (nSPS) is 14.1. The molecule has 62 heavy (non-hydrogen) atoms. The van der Waals surface area contributed by atoms with E-state index < -0.39 is 0 Å². The molecule has 9 aromatic carbocycles. The van der Waals surface area contributed by atoms with Gasteiger partial charge >= 0.3 is 0 Å². The van der Waals surface area contributed by atoms with Crippen molar-refractivity contribution in [2.24, 2.45) is 0 Å². The van der Waals surface area contributed by atoms with E-state index in [1.807, 2.05) is 0 Å². The minimum Gasteiger partial charge on any atom is -0.455 e. The van der Waals surface area contributed by atoms with Gasteiger partial charge in [0.1, 0.15) is 11.2 Å². The van der Waals surface area contributed by atoms with Crippen LogP contribution in [0.5, 0.6) is 0 Å². The molecule has 12 rings (SSSR count). The van der Waals surface area contributed by atoms with Gasteiger partial charge in [-0.3, -0.25) is 0 Å². The van der Waals surface area contributed by atoms with Crippen LogP contribution >= 0.6 is 0 Å². The first-order valence-corrected chi connectivity index (χ1v) is 21.8. The summed E-state index contributed by atoms with van der Waals surface area (Å²) in [5.41, 5.74) is 22.2. The molecular weight excluding hydrogens is 751 g/mol. The SMILES string of the molecule is CC1(C)c2ccccc2-c2c(N(c3cc(-c4ccccc4)ccc3-c3cccc4c3oc3cccc(-c5ccccc5)c34)c3cccc4c3-c3ccccc3C4(C)C)cccc21. The average Bonchev–Trinajstić information content (AvgIpc) is 3.90. The van der Waals surface area contributed by atoms with E-state index in [1.165, 1.54) is 61.2 Å². The second-order valence-corrected chi connectivity index (χ2v) is 18.0. The van der Waals surface area contributed by atoms with Gasteiger partial charge < -0.3 is 9.32 Å². The molecule has 2 aliphatic carbocycles. The van der Waals surface area contributed by atoms with Crippen molar-refractivity contribution in [2.45, 2.75) is 38.5 Å². The number of nitrogens with zero attached hydrogens (tertiary/aromatic N) is 1. The maximum atomic E-state index is 7.04. The Kier molecular flexibility index (Phi) is 7.96. The lowest BCUT2D eigenvalue weighted by atomic mass is 9.82. The van der Waals surface area contributed by atoms with E-state index in [0.29, 0.717) is 0 Å². The number of rotatable bonds is 6. The number of anilines is 3. The summed E-state index contributed by atoms with van der Waals surface area (Å²) in [6.45, 7) is 9.49. The molecule has 0 amide bonds. The van der Waals surface area contributed by atoms with Gasteiger partial charge in [-0.15, -0.1) is 0 Å². The summed E-state index contributed by atoms with van der Waals surface area (Å²) in [4.78, 5) is 2.59. The Balaban J connectivity index is 1.21. The number of fused-ring (bicyclic) bond motifs is 9. The van der Waals surface area contributed by atoms with Crippen LogP contribution in [0.3, 0.4) is 0 Å². The molecule has 0 unspecified atom stereocenters. The molecule has 0 saturated heterocycles. The molecule has 2 heteroatoms. The van der Waals surface area contributed by atoms with Crippen LogP contribution in [0.1, 0.15) is 49.9 Å². The lowest BCUT2D eigenvalue weighted by molar-refractivity contribution is 0.660. The summed E-state index contributed by atoms with van der Waals surface area (Å²) in [7, 11) is 0. The van der Waals surface area contributed by atoms with Crippen LogP contribution in [-0.4, -0.2) is 0 Å². The van der Waals surface area contributed by atoms with Crippen molar-refractivity contribution in [1.82, 2.24) is 0 Å². The molecule has 0 atom stereocenters. The first kappa shape index (κ1) is 36.4. The Morgan fingerprint density at radius 3 is 1.48 bits per heavy atom. The predicted octanol–water partition coefficient (Wildman–Crippen LogP) is 16.7. The molecule has 2 nitrogen and oxygen atoms in total. The van der Waals surface area contributed by atoms with Crippen molar-refractivity contribution in [1.29, 1.82) is 0 Å². The third-order valence-corrected chi connectivity index (χ3v) is 13.9. The maximum absolute atomic E-state index is 7.04. The van der Waals surface area contributed by atoms with E-state index in [-0.39, 0.29) is 10.8 Å². The summed E-state index contributed by atoms with van der Waals surface area (Å²) >= 11 is 0. The van der Waals surface area contributed by atoms with Crippen molar-refractivity contribution in [3.63, 3.8) is 0 Å². The smallest absolute Gasteiger partial charge is 0.143 e. The van der Waals surface area contributed by atoms with Crippen molar-refractivity contribution in [2.75, 3.05) is 4.90 Å². The molecule has 0 N–H and O–H groups in total. The molecule has 0 fully saturated rings. The Labute approximate surface area is 363 Å². The molecule has 0 spiro atoms. The molecule has 0 aliphatic heterocycles. The molecule has 10 aromatic rings. The van der Waals surface area contributed by atoms with Crippen molar-refractivity contribution < 1.29 is 4.42 Å². The van der Waals surface area contributed by atoms with Crippen molar-refractivity contribution in [3.8, 4) is 55.6 Å². The van der Waals surface area contributed by atoms with Crippen LogP contribution in [0.15, 0.2) is 205 Å². The minimum absolute atomic E-state index is 0.175. The van der Waals surface area contributed by atoms with Gasteiger partial charge in [0, 0.05) is 43.9 Å². The highest BCUT2D eigenvalue weighted by Gasteiger charge is 2.41. The molecule has 1 heterocycles. The van der Waals surface area contributed by atoms with E-state index in [4.69, 9.17) is 4.42 Å². The average molecular weight is 796 g/mol. The molecule has 2 aliphatic rings. The number of hydrogen-bond acceptors (Lipinski definition) is 2. The number of benzene rings is 9. The fourth-order valence-electron chi connectivity index (χ4n) is 10.9. The van der Waals surface area contributed by atoms with Gasteiger partial charge in [-0.05, 0) is 79.9 Å². The molecule has 0 bridgehead atoms. The second kappa shape index (κ2) is 13.5. The summed E-state index contributed by atoms with van der Waals surface area (Å²) in [6.07, 6.45) is 0. The summed E-state index contributed by atoms with van der Waals surface area (Å²) in [6, 6.07) is 73.5. The zero-order chi connectivity index (χ0) is 41.7. The van der Waals surface area contributed by atoms with Crippen molar-refractivity contribution >= 4 is 39.0 Å². The topological polar surface area (TPSA) is 16.4 Å². The predicted molar refractivity (Wildman–Crippen MR) is 260 cm³/mol. The first-order chi connectivity index (χ1) is 30.3. The Hall–Kier alpha value is -7.42. The second-order valence-electron chi connectivity index (χ2n) is 18.0. The molecular formula is C60H45NO. The quantitative estimate of drug-likeness (QED) is 0.167. The Morgan fingerprint density at radius 1 is 0.355 bits per heavy atom. The van der Waals surface area contributed by atoms with Crippen LogP contribution in [0.25, 0.3) is 77.6 Å². The zero-order valence-corrected chi connectivity index (χ0v) is 35.4. The number of para-hydroxylation sites is 1. The van der Waals surface area contributed by atoms with E-state index in [1.54, 1.807) is 0 Å². The highest BCUT2D eigenvalue weighted by atomic mass is 16.3. The van der Waals surface area contributed by atoms with Crippen LogP contribution in [0.4, 0.5) is 17.1 Å². The lowest BCUT2D eigenvalue weighted by Gasteiger charge is -2.33. The van der Waals surface area contributed by atoms with Crippen LogP contribution < -0.4 is 4.90 Å². The van der Waals surface area contributed by atoms with Gasteiger partial charge in [0.2, 0.25) is 0 Å². The number of furan rings is 1. The molecule has 1 aromatic heterocycles. The Bertz CT molecular complexity index is 3300. The third kappa shape index (κ3) is 5.23. The van der Waals surface area contributed by atoms with Gasteiger partial charge in [0.15, 0.2) is 0 Å². The molecule has 0 radical (unpaired) electrons. The minimum atomic E-state index is -0.175. The zero-order valence-electron chi connectivity index (χ0n) is 35.4. The van der Waals surface area contributed by atoms with Gasteiger partial charge in [0.25, 0.3) is 0 Å². The largest absolute Gasteiger partial charge is 0.455 e. The van der Waals surface area contributed by atoms with Gasteiger partial charge in [-0.25, -0.2) is 0 Å².